The summed E-state index contributed by atoms with van der Waals surface area (Å²) in [6.07, 6.45) is -14.7. The van der Waals surface area contributed by atoms with Crippen molar-refractivity contribution in [1.29, 1.82) is 0 Å². The van der Waals surface area contributed by atoms with Gasteiger partial charge in [-0.3, -0.25) is 9.59 Å². The number of aliphatic hydroxyl groups is 6. The molecule has 2 saturated carbocycles. The highest BCUT2D eigenvalue weighted by molar-refractivity contribution is 5.89. The number of carbonyl (C=O) groups excluding carboxylic acids is 4. The molecule has 15 heteroatoms. The van der Waals surface area contributed by atoms with Gasteiger partial charge in [-0.25, -0.2) is 9.59 Å². The molecule has 1 saturated heterocycles. The van der Waals surface area contributed by atoms with Gasteiger partial charge in [0.2, 0.25) is 5.91 Å². The molecule has 0 radical (unpaired) electrons. The molecule has 2 aromatic rings. The van der Waals surface area contributed by atoms with Crippen LogP contribution in [0, 0.1) is 22.2 Å². The highest BCUT2D eigenvalue weighted by Gasteiger charge is 2.79. The number of ether oxygens (including phenoxy) is 4. The molecule has 58 heavy (non-hydrogen) atoms. The normalized spacial score (nSPS) is 36.3. The van der Waals surface area contributed by atoms with E-state index in [4.69, 9.17) is 18.9 Å². The van der Waals surface area contributed by atoms with Crippen LogP contribution in [-0.4, -0.2) is 121 Å². The maximum atomic E-state index is 14.2. The lowest BCUT2D eigenvalue weighted by Crippen LogP contribution is -2.84. The van der Waals surface area contributed by atoms with Gasteiger partial charge in [-0.15, -0.1) is 0 Å². The van der Waals surface area contributed by atoms with Crippen molar-refractivity contribution in [2.75, 3.05) is 6.61 Å². The molecule has 1 amide bonds. The second-order valence-corrected chi connectivity index (χ2v) is 17.9. The molecule has 0 spiro atoms. The van der Waals surface area contributed by atoms with E-state index in [1.807, 2.05) is 0 Å². The smallest absolute Gasteiger partial charge is 0.338 e. The van der Waals surface area contributed by atoms with Gasteiger partial charge in [-0.2, -0.15) is 0 Å². The molecule has 2 aromatic carbocycles. The van der Waals surface area contributed by atoms with Crippen molar-refractivity contribution in [3.63, 3.8) is 0 Å². The second-order valence-electron chi connectivity index (χ2n) is 17.9. The van der Waals surface area contributed by atoms with Crippen LogP contribution in [0.1, 0.15) is 83.8 Å². The summed E-state index contributed by atoms with van der Waals surface area (Å²) in [6.45, 7) is 11.5. The van der Waals surface area contributed by atoms with E-state index in [1.165, 1.54) is 39.8 Å². The summed E-state index contributed by atoms with van der Waals surface area (Å²) in [7, 11) is 0. The van der Waals surface area contributed by atoms with Crippen LogP contribution in [0.5, 0.6) is 0 Å². The third-order valence-corrected chi connectivity index (χ3v) is 13.1. The van der Waals surface area contributed by atoms with E-state index in [2.05, 4.69) is 5.32 Å². The summed E-state index contributed by atoms with van der Waals surface area (Å²) in [5, 5.41) is 77.0. The number of benzene rings is 2. The Kier molecular flexibility index (Phi) is 11.3. The standard InChI is InChI=1S/C43H55NO14/c1-21-27-29(47)33(49)41(8)25(46)19-26-42(20-55-26,58-22(2)45)32(41)35(57-36(51)24-17-13-10-14-18-24)43(54,40(27,6)7)34(50)31(21)56-37(52)30(48)28(23-15-11-9-12-16-23)44-38(53)39(3,4)5/h9-18,25-26,28-35,46-50,54H,19-20H2,1-8H3,(H,44,53)/t25-,26+,28-,29+,30+,31+,32?,33+,34-,35-,41+,42-,43+/m0/s1. The lowest BCUT2D eigenvalue weighted by Gasteiger charge is -2.69. The Morgan fingerprint density at radius 2 is 1.48 bits per heavy atom. The van der Waals surface area contributed by atoms with Gasteiger partial charge in [0.05, 0.1) is 36.3 Å². The van der Waals surface area contributed by atoms with Crippen LogP contribution in [0.3, 0.4) is 0 Å². The summed E-state index contributed by atoms with van der Waals surface area (Å²) in [6, 6.07) is 14.6. The van der Waals surface area contributed by atoms with Crippen molar-refractivity contribution < 1.29 is 68.8 Å². The SMILES string of the molecule is CC(=O)O[C@@]12CO[C@@H]1C[C@H](O)[C@]1(C)C2[C@H](OC(=O)c2ccccc2)[C@]2(O)[C@@H](O)[C@H](OC(=O)[C@H](O)[C@@H](NC(=O)C(C)(C)C)c3ccccc3)C(C)=C([C@@H](O)[C@H]1O)C2(C)C. The Balaban J connectivity index is 1.53. The summed E-state index contributed by atoms with van der Waals surface area (Å²) >= 11 is 0. The molecule has 0 aromatic heterocycles. The lowest BCUT2D eigenvalue weighted by atomic mass is 9.44. The summed E-state index contributed by atoms with van der Waals surface area (Å²) in [4.78, 5) is 54.3. The average Bonchev–Trinajstić information content (AvgIpc) is 3.16. The number of amides is 1. The number of nitrogens with one attached hydrogen (secondary N) is 1. The summed E-state index contributed by atoms with van der Waals surface area (Å²) in [5.41, 5.74) is -9.00. The Labute approximate surface area is 337 Å². The van der Waals surface area contributed by atoms with E-state index >= 15 is 0 Å². The van der Waals surface area contributed by atoms with Crippen molar-refractivity contribution in [1.82, 2.24) is 5.32 Å². The molecule has 6 rings (SSSR count). The second kappa shape index (κ2) is 15.1. The fourth-order valence-corrected chi connectivity index (χ4v) is 9.84. The topological polar surface area (TPSA) is 239 Å². The number of hydrogen-bond acceptors (Lipinski definition) is 14. The number of rotatable bonds is 8. The van der Waals surface area contributed by atoms with Crippen LogP contribution in [0.15, 0.2) is 71.8 Å². The first kappa shape index (κ1) is 43.4. The summed E-state index contributed by atoms with van der Waals surface area (Å²) in [5.74, 6) is -5.21. The largest absolute Gasteiger partial charge is 0.455 e. The van der Waals surface area contributed by atoms with Crippen LogP contribution in [0.2, 0.25) is 0 Å². The fourth-order valence-electron chi connectivity index (χ4n) is 9.84. The number of hydrogen-bond donors (Lipinski definition) is 7. The van der Waals surface area contributed by atoms with E-state index in [0.717, 1.165) is 6.92 Å². The lowest BCUT2D eigenvalue weighted by molar-refractivity contribution is -0.370. The van der Waals surface area contributed by atoms with Gasteiger partial charge in [0.1, 0.15) is 30.0 Å². The third kappa shape index (κ3) is 6.64. The molecule has 13 atom stereocenters. The van der Waals surface area contributed by atoms with Gasteiger partial charge < -0.3 is 54.9 Å². The van der Waals surface area contributed by atoms with Gasteiger partial charge in [0.25, 0.3) is 0 Å². The molecule has 2 bridgehead atoms. The molecule has 7 N–H and O–H groups in total. The van der Waals surface area contributed by atoms with Gasteiger partial charge in [-0.1, -0.05) is 90.1 Å². The zero-order valence-corrected chi connectivity index (χ0v) is 33.9. The maximum Gasteiger partial charge on any atom is 0.338 e. The zero-order chi connectivity index (χ0) is 42.9. The van der Waals surface area contributed by atoms with E-state index in [1.54, 1.807) is 69.3 Å². The first-order valence-electron chi connectivity index (χ1n) is 19.4. The Morgan fingerprint density at radius 1 is 0.897 bits per heavy atom. The molecule has 316 valence electrons. The van der Waals surface area contributed by atoms with Gasteiger partial charge >= 0.3 is 17.9 Å². The minimum absolute atomic E-state index is 0.00991. The van der Waals surface area contributed by atoms with Crippen molar-refractivity contribution in [2.45, 2.75) is 128 Å². The van der Waals surface area contributed by atoms with E-state index < -0.39 is 112 Å². The van der Waals surface area contributed by atoms with Gasteiger partial charge in [0.15, 0.2) is 17.8 Å². The van der Waals surface area contributed by atoms with Gasteiger partial charge in [-0.05, 0) is 35.8 Å². The quantitative estimate of drug-likeness (QED) is 0.114. The number of esters is 3. The number of carbonyl (C=O) groups is 4. The highest BCUT2D eigenvalue weighted by Crippen LogP contribution is 2.65. The first-order valence-corrected chi connectivity index (χ1v) is 19.4. The molecule has 1 unspecified atom stereocenters. The van der Waals surface area contributed by atoms with Crippen LogP contribution in [0.25, 0.3) is 0 Å². The monoisotopic (exact) mass is 809 g/mol. The van der Waals surface area contributed by atoms with Crippen LogP contribution >= 0.6 is 0 Å². The minimum atomic E-state index is -2.78. The highest BCUT2D eigenvalue weighted by atomic mass is 16.6. The molecular weight excluding hydrogens is 754 g/mol. The molecule has 1 heterocycles. The maximum absolute atomic E-state index is 14.2. The Bertz CT molecular complexity index is 1950. The van der Waals surface area contributed by atoms with E-state index in [9.17, 15) is 49.8 Å². The van der Waals surface area contributed by atoms with E-state index in [0.29, 0.717) is 5.56 Å². The molecule has 3 fully saturated rings. The van der Waals surface area contributed by atoms with Crippen molar-refractivity contribution in [3.05, 3.63) is 82.9 Å². The summed E-state index contributed by atoms with van der Waals surface area (Å²) < 4.78 is 24.0. The Morgan fingerprint density at radius 3 is 2.02 bits per heavy atom. The van der Waals surface area contributed by atoms with Gasteiger partial charge in [0, 0.05) is 29.6 Å². The van der Waals surface area contributed by atoms with Crippen molar-refractivity contribution >= 4 is 23.8 Å². The molecule has 1 aliphatic heterocycles. The first-order chi connectivity index (χ1) is 27.0. The average molecular weight is 810 g/mol. The third-order valence-electron chi connectivity index (χ3n) is 13.1. The van der Waals surface area contributed by atoms with Crippen LogP contribution < -0.4 is 5.32 Å². The molecule has 15 nitrogen and oxygen atoms in total. The minimum Gasteiger partial charge on any atom is -0.455 e. The Hall–Kier alpha value is -4.22. The zero-order valence-electron chi connectivity index (χ0n) is 33.9. The van der Waals surface area contributed by atoms with Crippen LogP contribution in [-0.2, 0) is 33.3 Å². The van der Waals surface area contributed by atoms with E-state index in [-0.39, 0.29) is 29.7 Å². The number of fused-ring (bicyclic) bond motifs is 5. The fraction of sp³-hybridized carbons (Fsp3) is 0.581. The number of aliphatic hydroxyl groups excluding tert-OH is 5. The molecule has 4 aliphatic rings. The molecule has 3 aliphatic carbocycles. The molecular formula is C43H55NO14. The van der Waals surface area contributed by atoms with Crippen molar-refractivity contribution in [2.24, 2.45) is 22.2 Å². The van der Waals surface area contributed by atoms with Crippen molar-refractivity contribution in [3.8, 4) is 0 Å². The predicted molar refractivity (Wildman–Crippen MR) is 204 cm³/mol. The van der Waals surface area contributed by atoms with Crippen LogP contribution in [0.4, 0.5) is 0 Å². The predicted octanol–water partition coefficient (Wildman–Crippen LogP) is 1.66.